The van der Waals surface area contributed by atoms with E-state index >= 15 is 0 Å². The number of phenolic OH excluding ortho intramolecular Hbond substituents is 1. The van der Waals surface area contributed by atoms with Crippen LogP contribution >= 0.6 is 35.6 Å². The number of aromatic hydroxyl groups is 1. The van der Waals surface area contributed by atoms with Gasteiger partial charge in [-0.25, -0.2) is 9.37 Å². The van der Waals surface area contributed by atoms with Gasteiger partial charge in [0.2, 0.25) is 0 Å². The lowest BCUT2D eigenvalue weighted by Crippen LogP contribution is -2.28. The minimum Gasteiger partial charge on any atom is -0.504 e. The molecule has 2 aromatic carbocycles. The normalized spacial score (nSPS) is 14.7. The van der Waals surface area contributed by atoms with Gasteiger partial charge in [-0.3, -0.25) is 4.90 Å². The van der Waals surface area contributed by atoms with E-state index in [9.17, 15) is 9.50 Å². The zero-order valence-electron chi connectivity index (χ0n) is 16.0. The number of benzene rings is 2. The highest BCUT2D eigenvalue weighted by Gasteiger charge is 2.12. The van der Waals surface area contributed by atoms with Gasteiger partial charge in [-0.15, -0.1) is 12.4 Å². The Morgan fingerprint density at radius 2 is 1.83 bits per heavy atom. The Morgan fingerprint density at radius 3 is 2.53 bits per heavy atom. The molecular formula is C23H20Cl3FN2O. The Labute approximate surface area is 190 Å². The lowest BCUT2D eigenvalue weighted by Gasteiger charge is -2.25. The van der Waals surface area contributed by atoms with Crippen LogP contribution in [0.25, 0.3) is 17.0 Å². The second-order valence-corrected chi connectivity index (χ2v) is 7.86. The lowest BCUT2D eigenvalue weighted by atomic mass is 10.1. The Hall–Kier alpha value is -2.11. The first-order valence-corrected chi connectivity index (χ1v) is 10.1. The first kappa shape index (κ1) is 22.6. The molecule has 2 heterocycles. The number of halogens is 4. The third-order valence-electron chi connectivity index (χ3n) is 4.99. The van der Waals surface area contributed by atoms with Gasteiger partial charge in [0.05, 0.1) is 15.7 Å². The first-order chi connectivity index (χ1) is 14.0. The molecule has 0 saturated heterocycles. The van der Waals surface area contributed by atoms with Gasteiger partial charge in [-0.05, 0) is 54.0 Å². The summed E-state index contributed by atoms with van der Waals surface area (Å²) in [6.07, 6.45) is 7.09. The molecule has 0 spiro atoms. The summed E-state index contributed by atoms with van der Waals surface area (Å²) < 4.78 is 13.0. The third kappa shape index (κ3) is 5.13. The van der Waals surface area contributed by atoms with E-state index in [2.05, 4.69) is 16.0 Å². The van der Waals surface area contributed by atoms with Crippen LogP contribution in [0.2, 0.25) is 10.0 Å². The van der Waals surface area contributed by atoms with Gasteiger partial charge < -0.3 is 5.11 Å². The van der Waals surface area contributed by atoms with Gasteiger partial charge in [-0.2, -0.15) is 0 Å². The molecule has 0 atom stereocenters. The molecule has 4 rings (SSSR count). The monoisotopic (exact) mass is 464 g/mol. The Balaban J connectivity index is 0.00000256. The van der Waals surface area contributed by atoms with Crippen molar-refractivity contribution in [2.75, 3.05) is 13.1 Å². The molecule has 1 aliphatic rings. The summed E-state index contributed by atoms with van der Waals surface area (Å²) in [6.45, 7) is 2.58. The van der Waals surface area contributed by atoms with Crippen LogP contribution in [0.15, 0.2) is 60.2 Å². The molecular weight excluding hydrogens is 446 g/mol. The van der Waals surface area contributed by atoms with Crippen molar-refractivity contribution in [3.8, 4) is 5.75 Å². The average molecular weight is 466 g/mol. The predicted octanol–water partition coefficient (Wildman–Crippen LogP) is 6.65. The van der Waals surface area contributed by atoms with E-state index in [4.69, 9.17) is 23.2 Å². The number of rotatable bonds is 4. The Bertz CT molecular complexity index is 1110. The number of phenols is 1. The van der Waals surface area contributed by atoms with Crippen molar-refractivity contribution >= 4 is 52.6 Å². The molecule has 3 nitrogen and oxygen atoms in total. The van der Waals surface area contributed by atoms with E-state index in [0.29, 0.717) is 15.9 Å². The van der Waals surface area contributed by atoms with Crippen molar-refractivity contribution in [2.45, 2.75) is 13.0 Å². The largest absolute Gasteiger partial charge is 0.504 e. The van der Waals surface area contributed by atoms with Crippen molar-refractivity contribution in [3.05, 3.63) is 87.3 Å². The molecule has 0 bridgehead atoms. The van der Waals surface area contributed by atoms with E-state index in [1.165, 1.54) is 23.8 Å². The summed E-state index contributed by atoms with van der Waals surface area (Å²) in [5.74, 6) is -0.269. The maximum atomic E-state index is 13.0. The zero-order chi connectivity index (χ0) is 20.4. The molecule has 0 radical (unpaired) electrons. The highest BCUT2D eigenvalue weighted by Crippen LogP contribution is 2.36. The van der Waals surface area contributed by atoms with Crippen LogP contribution in [-0.4, -0.2) is 28.1 Å². The van der Waals surface area contributed by atoms with Crippen molar-refractivity contribution in [2.24, 2.45) is 0 Å². The first-order valence-electron chi connectivity index (χ1n) is 9.31. The van der Waals surface area contributed by atoms with Crippen molar-refractivity contribution in [3.63, 3.8) is 0 Å². The van der Waals surface area contributed by atoms with Crippen molar-refractivity contribution < 1.29 is 9.50 Å². The summed E-state index contributed by atoms with van der Waals surface area (Å²) in [4.78, 5) is 6.81. The maximum absolute atomic E-state index is 13.0. The molecule has 0 amide bonds. The summed E-state index contributed by atoms with van der Waals surface area (Å²) in [6, 6.07) is 11.9. The van der Waals surface area contributed by atoms with Crippen LogP contribution in [0, 0.1) is 5.82 Å². The second kappa shape index (κ2) is 9.80. The average Bonchev–Trinajstić information content (AvgIpc) is 2.73. The van der Waals surface area contributed by atoms with Crippen LogP contribution in [0.1, 0.15) is 17.7 Å². The zero-order valence-corrected chi connectivity index (χ0v) is 18.3. The van der Waals surface area contributed by atoms with Crippen LogP contribution < -0.4 is 0 Å². The van der Waals surface area contributed by atoms with Crippen molar-refractivity contribution in [1.29, 1.82) is 0 Å². The van der Waals surface area contributed by atoms with Gasteiger partial charge >= 0.3 is 0 Å². The van der Waals surface area contributed by atoms with Gasteiger partial charge in [0, 0.05) is 25.0 Å². The summed E-state index contributed by atoms with van der Waals surface area (Å²) >= 11 is 12.2. The SMILES string of the molecule is Cl.Oc1c(Cl)cc(Cl)c2ccc(/C=C/C3=CCN(Cc4ccc(F)cc4)CC3)nc12. The number of aromatic nitrogens is 1. The molecule has 0 unspecified atom stereocenters. The summed E-state index contributed by atoms with van der Waals surface area (Å²) in [5.41, 5.74) is 3.46. The molecule has 1 N–H and O–H groups in total. The van der Waals surface area contributed by atoms with E-state index in [0.717, 1.165) is 37.3 Å². The maximum Gasteiger partial charge on any atom is 0.160 e. The van der Waals surface area contributed by atoms with E-state index < -0.39 is 0 Å². The van der Waals surface area contributed by atoms with E-state index in [1.54, 1.807) is 0 Å². The van der Waals surface area contributed by atoms with Gasteiger partial charge in [0.1, 0.15) is 11.3 Å². The van der Waals surface area contributed by atoms with E-state index in [1.807, 2.05) is 36.4 Å². The lowest BCUT2D eigenvalue weighted by molar-refractivity contribution is 0.287. The topological polar surface area (TPSA) is 36.4 Å². The number of hydrogen-bond donors (Lipinski definition) is 1. The van der Waals surface area contributed by atoms with E-state index in [-0.39, 0.29) is 29.0 Å². The number of fused-ring (bicyclic) bond motifs is 1. The van der Waals surface area contributed by atoms with Crippen LogP contribution in [0.4, 0.5) is 4.39 Å². The molecule has 0 fully saturated rings. The van der Waals surface area contributed by atoms with Crippen LogP contribution in [0.5, 0.6) is 5.75 Å². The second-order valence-electron chi connectivity index (χ2n) is 7.05. The molecule has 30 heavy (non-hydrogen) atoms. The molecule has 0 aliphatic carbocycles. The molecule has 0 saturated carbocycles. The molecule has 1 aliphatic heterocycles. The highest BCUT2D eigenvalue weighted by molar-refractivity contribution is 6.39. The Morgan fingerprint density at radius 1 is 1.07 bits per heavy atom. The van der Waals surface area contributed by atoms with Crippen molar-refractivity contribution in [1.82, 2.24) is 9.88 Å². The smallest absolute Gasteiger partial charge is 0.160 e. The van der Waals surface area contributed by atoms with Crippen LogP contribution in [-0.2, 0) is 6.54 Å². The third-order valence-corrected chi connectivity index (χ3v) is 5.59. The summed E-state index contributed by atoms with van der Waals surface area (Å²) in [7, 11) is 0. The fourth-order valence-corrected chi connectivity index (χ4v) is 3.89. The molecule has 3 aromatic rings. The molecule has 7 heteroatoms. The molecule has 1 aromatic heterocycles. The fourth-order valence-electron chi connectivity index (χ4n) is 3.37. The minimum atomic E-state index is -0.208. The quantitative estimate of drug-likeness (QED) is 0.468. The van der Waals surface area contributed by atoms with Crippen LogP contribution in [0.3, 0.4) is 0 Å². The predicted molar refractivity (Wildman–Crippen MR) is 124 cm³/mol. The van der Waals surface area contributed by atoms with Gasteiger partial charge in [0.15, 0.2) is 5.75 Å². The number of allylic oxidation sites excluding steroid dienone is 1. The Kier molecular flexibility index (Phi) is 7.37. The number of pyridine rings is 1. The van der Waals surface area contributed by atoms with Gasteiger partial charge in [0.25, 0.3) is 0 Å². The number of hydrogen-bond acceptors (Lipinski definition) is 3. The standard InChI is InChI=1S/C23H19Cl2FN2O.ClH/c24-20-13-21(25)23(29)22-19(20)8-7-18(27-22)6-3-15-9-11-28(12-10-15)14-16-1-4-17(26)5-2-16;/h1-9,13,29H,10-12,14H2;1H/b6-3+;. The molecule has 156 valence electrons. The van der Waals surface area contributed by atoms with Gasteiger partial charge in [-0.1, -0.05) is 47.5 Å². The number of nitrogens with zero attached hydrogens (tertiary/aromatic N) is 2. The fraction of sp³-hybridized carbons (Fsp3) is 0.174. The summed E-state index contributed by atoms with van der Waals surface area (Å²) in [5, 5.41) is 11.5. The minimum absolute atomic E-state index is 0. The highest BCUT2D eigenvalue weighted by atomic mass is 35.5.